The Hall–Kier alpha value is -0.940. The van der Waals surface area contributed by atoms with Crippen molar-refractivity contribution in [1.82, 2.24) is 9.88 Å². The Labute approximate surface area is 97.1 Å². The van der Waals surface area contributed by atoms with Crippen LogP contribution in [-0.2, 0) is 11.3 Å². The second-order valence-electron chi connectivity index (χ2n) is 3.39. The van der Waals surface area contributed by atoms with Crippen LogP contribution in [0.25, 0.3) is 0 Å². The van der Waals surface area contributed by atoms with Crippen LogP contribution in [0.4, 0.5) is 0 Å². The fraction of sp³-hybridized carbons (Fsp3) is 0.400. The number of pyridine rings is 1. The molecule has 0 aliphatic rings. The van der Waals surface area contributed by atoms with Gasteiger partial charge < -0.3 is 10.0 Å². The minimum atomic E-state index is -0.769. The first-order chi connectivity index (χ1) is 7.08. The highest BCUT2D eigenvalue weighted by Crippen LogP contribution is 2.10. The van der Waals surface area contributed by atoms with E-state index < -0.39 is 5.97 Å². The summed E-state index contributed by atoms with van der Waals surface area (Å²) < 4.78 is 0.937. The average Bonchev–Trinajstić information content (AvgIpc) is 2.15. The Morgan fingerprint density at radius 1 is 1.60 bits per heavy atom. The third-order valence-electron chi connectivity index (χ3n) is 1.92. The number of carboxylic acid groups (broad SMARTS) is 1. The third kappa shape index (κ3) is 4.90. The van der Waals surface area contributed by atoms with Crippen LogP contribution in [0, 0.1) is 0 Å². The molecule has 0 fully saturated rings. The minimum Gasteiger partial charge on any atom is -0.481 e. The van der Waals surface area contributed by atoms with Crippen molar-refractivity contribution in [2.45, 2.75) is 13.0 Å². The van der Waals surface area contributed by atoms with Crippen LogP contribution in [0.3, 0.4) is 0 Å². The molecule has 0 spiro atoms. The summed E-state index contributed by atoms with van der Waals surface area (Å²) >= 11 is 3.34. The Balaban J connectivity index is 2.44. The molecule has 15 heavy (non-hydrogen) atoms. The van der Waals surface area contributed by atoms with E-state index in [2.05, 4.69) is 20.9 Å². The molecule has 0 aromatic carbocycles. The summed E-state index contributed by atoms with van der Waals surface area (Å²) in [6.45, 7) is 1.25. The molecule has 0 bridgehead atoms. The monoisotopic (exact) mass is 272 g/mol. The van der Waals surface area contributed by atoms with Crippen molar-refractivity contribution < 1.29 is 9.90 Å². The van der Waals surface area contributed by atoms with E-state index in [9.17, 15) is 4.79 Å². The van der Waals surface area contributed by atoms with Gasteiger partial charge in [0.15, 0.2) is 0 Å². The Kier molecular flexibility index (Phi) is 4.71. The van der Waals surface area contributed by atoms with Crippen molar-refractivity contribution >= 4 is 21.9 Å². The number of hydrogen-bond donors (Lipinski definition) is 1. The Bertz CT molecular complexity index is 344. The van der Waals surface area contributed by atoms with Crippen LogP contribution < -0.4 is 0 Å². The van der Waals surface area contributed by atoms with Gasteiger partial charge in [0.1, 0.15) is 0 Å². The van der Waals surface area contributed by atoms with Gasteiger partial charge in [-0.15, -0.1) is 0 Å². The number of nitrogens with zero attached hydrogens (tertiary/aromatic N) is 2. The topological polar surface area (TPSA) is 53.4 Å². The number of carbonyl (C=O) groups is 1. The van der Waals surface area contributed by atoms with E-state index in [1.165, 1.54) is 0 Å². The van der Waals surface area contributed by atoms with Gasteiger partial charge in [0.2, 0.25) is 0 Å². The zero-order chi connectivity index (χ0) is 11.3. The van der Waals surface area contributed by atoms with Gasteiger partial charge in [-0.05, 0) is 34.6 Å². The summed E-state index contributed by atoms with van der Waals surface area (Å²) in [5, 5.41) is 8.53. The van der Waals surface area contributed by atoms with Crippen molar-refractivity contribution in [3.05, 3.63) is 28.5 Å². The Morgan fingerprint density at radius 3 is 2.93 bits per heavy atom. The van der Waals surface area contributed by atoms with Crippen molar-refractivity contribution in [1.29, 1.82) is 0 Å². The molecular formula is C10H13BrN2O2. The van der Waals surface area contributed by atoms with Crippen LogP contribution in [0.1, 0.15) is 12.0 Å². The zero-order valence-corrected chi connectivity index (χ0v) is 10.1. The van der Waals surface area contributed by atoms with Gasteiger partial charge in [-0.1, -0.05) is 0 Å². The van der Waals surface area contributed by atoms with Crippen molar-refractivity contribution in [3.63, 3.8) is 0 Å². The summed E-state index contributed by atoms with van der Waals surface area (Å²) in [5.74, 6) is -0.769. The second kappa shape index (κ2) is 5.82. The predicted octanol–water partition coefficient (Wildman–Crippen LogP) is 1.75. The quantitative estimate of drug-likeness (QED) is 0.888. The molecule has 0 aliphatic heterocycles. The van der Waals surface area contributed by atoms with Crippen LogP contribution in [0.5, 0.6) is 0 Å². The normalized spacial score (nSPS) is 10.6. The molecule has 1 aromatic rings. The number of halogens is 1. The lowest BCUT2D eigenvalue weighted by Gasteiger charge is -2.15. The molecule has 0 saturated heterocycles. The smallest absolute Gasteiger partial charge is 0.304 e. The molecule has 1 aromatic heterocycles. The van der Waals surface area contributed by atoms with Crippen molar-refractivity contribution in [3.8, 4) is 0 Å². The predicted molar refractivity (Wildman–Crippen MR) is 60.5 cm³/mol. The molecule has 0 amide bonds. The number of aromatic nitrogens is 1. The standard InChI is InChI=1S/C10H13BrN2O2/c1-13(3-2-10(14)15)7-8-4-9(11)6-12-5-8/h4-6H,2-3,7H2,1H3,(H,14,15). The molecular weight excluding hydrogens is 260 g/mol. The first kappa shape index (κ1) is 12.1. The van der Waals surface area contributed by atoms with Crippen LogP contribution in [-0.4, -0.2) is 34.6 Å². The molecule has 4 nitrogen and oxygen atoms in total. The Morgan fingerprint density at radius 2 is 2.33 bits per heavy atom. The van der Waals surface area contributed by atoms with Gasteiger partial charge >= 0.3 is 5.97 Å². The fourth-order valence-electron chi connectivity index (χ4n) is 1.22. The molecule has 5 heteroatoms. The number of aliphatic carboxylic acids is 1. The van der Waals surface area contributed by atoms with Crippen LogP contribution in [0.2, 0.25) is 0 Å². The molecule has 0 unspecified atom stereocenters. The molecule has 0 atom stereocenters. The molecule has 1 rings (SSSR count). The van der Waals surface area contributed by atoms with Crippen molar-refractivity contribution in [2.75, 3.05) is 13.6 Å². The van der Waals surface area contributed by atoms with Gasteiger partial charge in [-0.2, -0.15) is 0 Å². The number of hydrogen-bond acceptors (Lipinski definition) is 3. The summed E-state index contributed by atoms with van der Waals surface area (Å²) in [5.41, 5.74) is 1.07. The lowest BCUT2D eigenvalue weighted by atomic mass is 10.2. The maximum absolute atomic E-state index is 10.4. The van der Waals surface area contributed by atoms with Crippen LogP contribution >= 0.6 is 15.9 Å². The van der Waals surface area contributed by atoms with Gasteiger partial charge in [0, 0.05) is 30.0 Å². The highest BCUT2D eigenvalue weighted by atomic mass is 79.9. The van der Waals surface area contributed by atoms with Gasteiger partial charge in [0.25, 0.3) is 0 Å². The van der Waals surface area contributed by atoms with E-state index in [0.29, 0.717) is 13.1 Å². The van der Waals surface area contributed by atoms with Crippen LogP contribution in [0.15, 0.2) is 22.9 Å². The number of carboxylic acids is 1. The summed E-state index contributed by atoms with van der Waals surface area (Å²) in [4.78, 5) is 16.4. The van der Waals surface area contributed by atoms with E-state index in [1.54, 1.807) is 12.4 Å². The molecule has 0 radical (unpaired) electrons. The maximum Gasteiger partial charge on any atom is 0.304 e. The second-order valence-corrected chi connectivity index (χ2v) is 4.31. The number of rotatable bonds is 5. The zero-order valence-electron chi connectivity index (χ0n) is 8.48. The summed E-state index contributed by atoms with van der Waals surface area (Å²) in [6, 6.07) is 1.98. The largest absolute Gasteiger partial charge is 0.481 e. The van der Waals surface area contributed by atoms with E-state index in [0.717, 1.165) is 10.0 Å². The van der Waals surface area contributed by atoms with E-state index in [4.69, 9.17) is 5.11 Å². The van der Waals surface area contributed by atoms with E-state index in [-0.39, 0.29) is 6.42 Å². The SMILES string of the molecule is CN(CCC(=O)O)Cc1cncc(Br)c1. The first-order valence-corrected chi connectivity index (χ1v) is 5.37. The summed E-state index contributed by atoms with van der Waals surface area (Å²) in [6.07, 6.45) is 3.67. The molecule has 1 heterocycles. The lowest BCUT2D eigenvalue weighted by Crippen LogP contribution is -2.21. The third-order valence-corrected chi connectivity index (χ3v) is 2.36. The minimum absolute atomic E-state index is 0.165. The van der Waals surface area contributed by atoms with Crippen molar-refractivity contribution in [2.24, 2.45) is 0 Å². The highest BCUT2D eigenvalue weighted by molar-refractivity contribution is 9.10. The molecule has 1 N–H and O–H groups in total. The maximum atomic E-state index is 10.4. The molecule has 0 aliphatic carbocycles. The first-order valence-electron chi connectivity index (χ1n) is 4.57. The van der Waals surface area contributed by atoms with Gasteiger partial charge in [-0.25, -0.2) is 0 Å². The van der Waals surface area contributed by atoms with Gasteiger partial charge in [0.05, 0.1) is 6.42 Å². The summed E-state index contributed by atoms with van der Waals surface area (Å²) in [7, 11) is 1.89. The molecule has 0 saturated carbocycles. The molecule has 82 valence electrons. The van der Waals surface area contributed by atoms with E-state index in [1.807, 2.05) is 18.0 Å². The van der Waals surface area contributed by atoms with E-state index >= 15 is 0 Å². The lowest BCUT2D eigenvalue weighted by molar-refractivity contribution is -0.137. The van der Waals surface area contributed by atoms with Gasteiger partial charge in [-0.3, -0.25) is 9.78 Å². The fourth-order valence-corrected chi connectivity index (χ4v) is 1.63. The average molecular weight is 273 g/mol. The highest BCUT2D eigenvalue weighted by Gasteiger charge is 2.03.